The van der Waals surface area contributed by atoms with Gasteiger partial charge in [0.1, 0.15) is 6.04 Å². The first-order valence-electron chi connectivity index (χ1n) is 8.73. The van der Waals surface area contributed by atoms with Gasteiger partial charge in [0.05, 0.1) is 12.4 Å². The molecule has 1 unspecified atom stereocenters. The molecule has 146 valence electrons. The molecule has 0 bridgehead atoms. The third-order valence-electron chi connectivity index (χ3n) is 3.81. The average molecular weight is 391 g/mol. The Balaban J connectivity index is 2.19. The fraction of sp³-hybridized carbons (Fsp3) is 0.444. The standard InChI is InChI=1S/C18H25N5O3S/c1-5-14(16(25)20-13-8-11(3)7-12(4)9-13)23-17(19)21-22-18(23)27-10-15(24)26-6-2/h7-9,14H,5-6,10H2,1-4H3,(H2,19,21)(H,20,25). The fourth-order valence-corrected chi connectivity index (χ4v) is 3.55. The van der Waals surface area contributed by atoms with E-state index >= 15 is 0 Å². The molecule has 27 heavy (non-hydrogen) atoms. The lowest BCUT2D eigenvalue weighted by atomic mass is 10.1. The minimum absolute atomic E-state index is 0.0705. The summed E-state index contributed by atoms with van der Waals surface area (Å²) in [4.78, 5) is 24.5. The van der Waals surface area contributed by atoms with E-state index in [9.17, 15) is 9.59 Å². The Kier molecular flexibility index (Phi) is 7.23. The molecule has 1 amide bonds. The molecule has 1 heterocycles. The number of nitrogens with two attached hydrogens (primary N) is 1. The van der Waals surface area contributed by atoms with E-state index in [1.165, 1.54) is 0 Å². The highest BCUT2D eigenvalue weighted by Crippen LogP contribution is 2.26. The first-order valence-corrected chi connectivity index (χ1v) is 9.72. The second-order valence-electron chi connectivity index (χ2n) is 6.09. The largest absolute Gasteiger partial charge is 0.465 e. The normalized spacial score (nSPS) is 11.9. The van der Waals surface area contributed by atoms with Gasteiger partial charge in [0.2, 0.25) is 11.9 Å². The van der Waals surface area contributed by atoms with Gasteiger partial charge < -0.3 is 15.8 Å². The summed E-state index contributed by atoms with van der Waals surface area (Å²) in [5.74, 6) is -0.375. The van der Waals surface area contributed by atoms with Crippen LogP contribution < -0.4 is 11.1 Å². The van der Waals surface area contributed by atoms with Crippen LogP contribution in [0.5, 0.6) is 0 Å². The van der Waals surface area contributed by atoms with Crippen molar-refractivity contribution in [2.75, 3.05) is 23.4 Å². The van der Waals surface area contributed by atoms with E-state index in [0.717, 1.165) is 28.6 Å². The highest BCUT2D eigenvalue weighted by Gasteiger charge is 2.25. The number of amides is 1. The van der Waals surface area contributed by atoms with Gasteiger partial charge >= 0.3 is 5.97 Å². The zero-order valence-electron chi connectivity index (χ0n) is 16.0. The van der Waals surface area contributed by atoms with E-state index in [4.69, 9.17) is 10.5 Å². The van der Waals surface area contributed by atoms with Gasteiger partial charge in [0.25, 0.3) is 0 Å². The second-order valence-corrected chi connectivity index (χ2v) is 7.04. The maximum Gasteiger partial charge on any atom is 0.316 e. The Morgan fingerprint density at radius 2 is 1.89 bits per heavy atom. The van der Waals surface area contributed by atoms with Gasteiger partial charge in [-0.25, -0.2) is 0 Å². The topological polar surface area (TPSA) is 112 Å². The van der Waals surface area contributed by atoms with Crippen LogP contribution >= 0.6 is 11.8 Å². The minimum atomic E-state index is -0.592. The molecule has 1 aromatic heterocycles. The third-order valence-corrected chi connectivity index (χ3v) is 4.72. The number of thioether (sulfide) groups is 1. The maximum absolute atomic E-state index is 12.9. The number of nitrogens with zero attached hydrogens (tertiary/aromatic N) is 3. The lowest BCUT2D eigenvalue weighted by Crippen LogP contribution is -2.27. The number of nitrogens with one attached hydrogen (secondary N) is 1. The number of ether oxygens (including phenoxy) is 1. The van der Waals surface area contributed by atoms with E-state index in [1.807, 2.05) is 39.0 Å². The summed E-state index contributed by atoms with van der Waals surface area (Å²) in [6, 6.07) is 5.26. The highest BCUT2D eigenvalue weighted by atomic mass is 32.2. The molecule has 0 aliphatic carbocycles. The molecular formula is C18H25N5O3S. The van der Waals surface area contributed by atoms with Crippen molar-refractivity contribution in [3.63, 3.8) is 0 Å². The number of hydrogen-bond donors (Lipinski definition) is 2. The molecule has 0 spiro atoms. The SMILES string of the molecule is CCOC(=O)CSc1nnc(N)n1C(CC)C(=O)Nc1cc(C)cc(C)c1. The van der Waals surface area contributed by atoms with Crippen molar-refractivity contribution in [2.24, 2.45) is 0 Å². The monoisotopic (exact) mass is 391 g/mol. The van der Waals surface area contributed by atoms with E-state index in [1.54, 1.807) is 11.5 Å². The number of hydrogen-bond acceptors (Lipinski definition) is 7. The van der Waals surface area contributed by atoms with Crippen molar-refractivity contribution in [1.82, 2.24) is 14.8 Å². The number of carbonyl (C=O) groups excluding carboxylic acids is 2. The van der Waals surface area contributed by atoms with Gasteiger partial charge in [-0.2, -0.15) is 0 Å². The second kappa shape index (κ2) is 9.40. The molecule has 0 fully saturated rings. The summed E-state index contributed by atoms with van der Waals surface area (Å²) in [5, 5.41) is 11.2. The van der Waals surface area contributed by atoms with E-state index in [2.05, 4.69) is 15.5 Å². The molecule has 0 saturated carbocycles. The smallest absolute Gasteiger partial charge is 0.316 e. The first-order chi connectivity index (χ1) is 12.8. The van der Waals surface area contributed by atoms with Crippen LogP contribution in [-0.2, 0) is 14.3 Å². The van der Waals surface area contributed by atoms with E-state index < -0.39 is 6.04 Å². The van der Waals surface area contributed by atoms with Crippen molar-refractivity contribution in [2.45, 2.75) is 45.3 Å². The number of carbonyl (C=O) groups is 2. The van der Waals surface area contributed by atoms with Crippen LogP contribution in [0.25, 0.3) is 0 Å². The number of aryl methyl sites for hydroxylation is 2. The zero-order chi connectivity index (χ0) is 20.0. The van der Waals surface area contributed by atoms with Gasteiger partial charge in [0.15, 0.2) is 5.16 Å². The molecule has 8 nitrogen and oxygen atoms in total. The van der Waals surface area contributed by atoms with Crippen LogP contribution in [0.1, 0.15) is 37.4 Å². The molecule has 0 radical (unpaired) electrons. The fourth-order valence-electron chi connectivity index (χ4n) is 2.76. The number of nitrogen functional groups attached to an aromatic ring is 1. The molecule has 2 aromatic rings. The van der Waals surface area contributed by atoms with Gasteiger partial charge in [0, 0.05) is 5.69 Å². The number of esters is 1. The number of benzene rings is 1. The van der Waals surface area contributed by atoms with Gasteiger partial charge in [-0.1, -0.05) is 24.8 Å². The van der Waals surface area contributed by atoms with Gasteiger partial charge in [-0.05, 0) is 50.5 Å². The summed E-state index contributed by atoms with van der Waals surface area (Å²) in [6.45, 7) is 7.88. The van der Waals surface area contributed by atoms with Crippen molar-refractivity contribution >= 4 is 35.3 Å². The Hall–Kier alpha value is -2.55. The predicted octanol–water partition coefficient (Wildman–Crippen LogP) is 2.72. The Morgan fingerprint density at radius 1 is 1.22 bits per heavy atom. The molecule has 9 heteroatoms. The molecule has 1 atom stereocenters. The van der Waals surface area contributed by atoms with Crippen LogP contribution in [-0.4, -0.2) is 39.0 Å². The molecule has 0 saturated heterocycles. The summed E-state index contributed by atoms with van der Waals surface area (Å²) in [7, 11) is 0. The highest BCUT2D eigenvalue weighted by molar-refractivity contribution is 7.99. The molecule has 0 aliphatic rings. The molecule has 2 rings (SSSR count). The van der Waals surface area contributed by atoms with E-state index in [-0.39, 0.29) is 23.6 Å². The molecule has 0 aliphatic heterocycles. The third kappa shape index (κ3) is 5.46. The number of aromatic nitrogens is 3. The lowest BCUT2D eigenvalue weighted by molar-refractivity contribution is -0.139. The summed E-state index contributed by atoms with van der Waals surface area (Å²) in [6.07, 6.45) is 0.492. The van der Waals surface area contributed by atoms with Crippen molar-refractivity contribution in [1.29, 1.82) is 0 Å². The van der Waals surface area contributed by atoms with Crippen LogP contribution in [0.15, 0.2) is 23.4 Å². The summed E-state index contributed by atoms with van der Waals surface area (Å²) in [5.41, 5.74) is 8.79. The van der Waals surface area contributed by atoms with Gasteiger partial charge in [-0.3, -0.25) is 14.2 Å². The van der Waals surface area contributed by atoms with Gasteiger partial charge in [-0.15, -0.1) is 10.2 Å². The molecular weight excluding hydrogens is 366 g/mol. The van der Waals surface area contributed by atoms with Crippen molar-refractivity contribution in [3.8, 4) is 0 Å². The minimum Gasteiger partial charge on any atom is -0.465 e. The van der Waals surface area contributed by atoms with Crippen molar-refractivity contribution < 1.29 is 14.3 Å². The van der Waals surface area contributed by atoms with Crippen molar-refractivity contribution in [3.05, 3.63) is 29.3 Å². The summed E-state index contributed by atoms with van der Waals surface area (Å²) < 4.78 is 6.48. The Morgan fingerprint density at radius 3 is 2.48 bits per heavy atom. The first kappa shape index (κ1) is 20.8. The van der Waals surface area contributed by atoms with E-state index in [0.29, 0.717) is 18.2 Å². The van der Waals surface area contributed by atoms with Crippen LogP contribution in [0, 0.1) is 13.8 Å². The predicted molar refractivity (Wildman–Crippen MR) is 106 cm³/mol. The zero-order valence-corrected chi connectivity index (χ0v) is 16.8. The lowest BCUT2D eigenvalue weighted by Gasteiger charge is -2.19. The number of rotatable bonds is 8. The molecule has 3 N–H and O–H groups in total. The van der Waals surface area contributed by atoms with Crippen LogP contribution in [0.4, 0.5) is 11.6 Å². The molecule has 1 aromatic carbocycles. The quantitative estimate of drug-likeness (QED) is 0.525. The maximum atomic E-state index is 12.9. The average Bonchev–Trinajstić information content (AvgIpc) is 2.94. The Bertz CT molecular complexity index is 801. The van der Waals surface area contributed by atoms with Crippen LogP contribution in [0.2, 0.25) is 0 Å². The summed E-state index contributed by atoms with van der Waals surface area (Å²) >= 11 is 1.14. The Labute approximate surface area is 162 Å². The number of anilines is 2. The van der Waals surface area contributed by atoms with Crippen LogP contribution in [0.3, 0.4) is 0 Å².